The van der Waals surface area contributed by atoms with Gasteiger partial charge in [-0.3, -0.25) is 19.3 Å². The van der Waals surface area contributed by atoms with E-state index in [0.29, 0.717) is 31.6 Å². The van der Waals surface area contributed by atoms with E-state index in [9.17, 15) is 9.59 Å². The van der Waals surface area contributed by atoms with Gasteiger partial charge in [-0.1, -0.05) is 0 Å². The Balaban J connectivity index is 1.79. The molecule has 2 aromatic heterocycles. The van der Waals surface area contributed by atoms with Crippen molar-refractivity contribution in [2.45, 2.75) is 25.3 Å². The number of carbonyl (C=O) groups excluding carboxylic acids is 2. The van der Waals surface area contributed by atoms with Gasteiger partial charge in [-0.2, -0.15) is 5.10 Å². The third kappa shape index (κ3) is 3.11. The lowest BCUT2D eigenvalue weighted by molar-refractivity contribution is -0.141. The first-order valence-electron chi connectivity index (χ1n) is 8.24. The summed E-state index contributed by atoms with van der Waals surface area (Å²) in [6.45, 7) is 2.76. The van der Waals surface area contributed by atoms with Crippen LogP contribution in [0.2, 0.25) is 0 Å². The molecule has 8 heteroatoms. The molecule has 25 heavy (non-hydrogen) atoms. The van der Waals surface area contributed by atoms with Crippen molar-refractivity contribution in [2.24, 2.45) is 0 Å². The molecule has 2 amide bonds. The van der Waals surface area contributed by atoms with E-state index in [-0.39, 0.29) is 11.8 Å². The lowest BCUT2D eigenvalue weighted by Crippen LogP contribution is -2.55. The molecule has 0 spiro atoms. The molecule has 0 aromatic carbocycles. The summed E-state index contributed by atoms with van der Waals surface area (Å²) >= 11 is 0. The Morgan fingerprint density at radius 2 is 1.88 bits per heavy atom. The maximum Gasteiger partial charge on any atom is 0.274 e. The number of likely N-dealkylation sites (N-methyl/N-ethyl adjacent to an activating group) is 1. The van der Waals surface area contributed by atoms with Gasteiger partial charge in [0.05, 0.1) is 11.9 Å². The second-order valence-corrected chi connectivity index (χ2v) is 6.52. The maximum atomic E-state index is 12.8. The van der Waals surface area contributed by atoms with E-state index in [4.69, 9.17) is 0 Å². The molecule has 0 aliphatic carbocycles. The van der Waals surface area contributed by atoms with E-state index in [1.54, 1.807) is 41.0 Å². The quantitative estimate of drug-likeness (QED) is 0.820. The van der Waals surface area contributed by atoms with E-state index in [2.05, 4.69) is 15.1 Å². The summed E-state index contributed by atoms with van der Waals surface area (Å²) in [6, 6.07) is 1.81. The summed E-state index contributed by atoms with van der Waals surface area (Å²) in [4.78, 5) is 37.1. The van der Waals surface area contributed by atoms with Gasteiger partial charge in [0.1, 0.15) is 11.2 Å². The number of amides is 2. The summed E-state index contributed by atoms with van der Waals surface area (Å²) < 4.78 is 1.73. The van der Waals surface area contributed by atoms with Crippen LogP contribution in [0.3, 0.4) is 0 Å². The van der Waals surface area contributed by atoms with Crippen LogP contribution in [0.25, 0.3) is 0 Å². The fourth-order valence-corrected chi connectivity index (χ4v) is 3.22. The van der Waals surface area contributed by atoms with Crippen LogP contribution in [0, 0.1) is 6.92 Å². The summed E-state index contributed by atoms with van der Waals surface area (Å²) in [5.74, 6) is -0.155. The molecule has 0 radical (unpaired) electrons. The highest BCUT2D eigenvalue weighted by Gasteiger charge is 2.45. The third-order valence-corrected chi connectivity index (χ3v) is 4.63. The fraction of sp³-hybridized carbons (Fsp3) is 0.471. The summed E-state index contributed by atoms with van der Waals surface area (Å²) in [7, 11) is 3.49. The second-order valence-electron chi connectivity index (χ2n) is 6.52. The molecule has 2 aromatic rings. The van der Waals surface area contributed by atoms with Crippen molar-refractivity contribution in [1.82, 2.24) is 29.5 Å². The van der Waals surface area contributed by atoms with Crippen LogP contribution in [0.1, 0.15) is 29.0 Å². The van der Waals surface area contributed by atoms with Crippen LogP contribution in [0.15, 0.2) is 30.9 Å². The minimum Gasteiger partial charge on any atom is -0.347 e. The molecule has 1 aliphatic rings. The Bertz CT molecular complexity index is 746. The lowest BCUT2D eigenvalue weighted by atomic mass is 9.86. The van der Waals surface area contributed by atoms with Crippen molar-refractivity contribution in [3.8, 4) is 0 Å². The van der Waals surface area contributed by atoms with Gasteiger partial charge in [-0.15, -0.1) is 0 Å². The summed E-state index contributed by atoms with van der Waals surface area (Å²) in [6.07, 6.45) is 7.58. The number of hydrogen-bond acceptors (Lipinski definition) is 5. The molecule has 1 aliphatic heterocycles. The van der Waals surface area contributed by atoms with Gasteiger partial charge in [-0.05, 0) is 25.8 Å². The molecular formula is C17H22N6O2. The van der Waals surface area contributed by atoms with Gasteiger partial charge < -0.3 is 9.80 Å². The van der Waals surface area contributed by atoms with Gasteiger partial charge in [0.2, 0.25) is 5.91 Å². The van der Waals surface area contributed by atoms with Crippen molar-refractivity contribution in [3.05, 3.63) is 42.2 Å². The van der Waals surface area contributed by atoms with Gasteiger partial charge >= 0.3 is 0 Å². The molecule has 0 N–H and O–H groups in total. The lowest BCUT2D eigenvalue weighted by Gasteiger charge is -2.41. The number of likely N-dealkylation sites (tertiary alicyclic amines) is 1. The number of piperidine rings is 1. The number of hydrogen-bond donors (Lipinski definition) is 0. The average molecular weight is 342 g/mol. The van der Waals surface area contributed by atoms with Crippen LogP contribution in [-0.4, -0.2) is 68.5 Å². The van der Waals surface area contributed by atoms with Crippen molar-refractivity contribution >= 4 is 11.8 Å². The molecule has 0 saturated carbocycles. The maximum absolute atomic E-state index is 12.8. The molecule has 1 fully saturated rings. The Labute approximate surface area is 146 Å². The van der Waals surface area contributed by atoms with Crippen LogP contribution < -0.4 is 0 Å². The molecule has 0 atom stereocenters. The number of aromatic nitrogens is 4. The highest BCUT2D eigenvalue weighted by molar-refractivity contribution is 5.92. The van der Waals surface area contributed by atoms with Crippen molar-refractivity contribution in [2.75, 3.05) is 27.2 Å². The summed E-state index contributed by atoms with van der Waals surface area (Å²) in [5.41, 5.74) is 0.350. The third-order valence-electron chi connectivity index (χ3n) is 4.63. The first-order valence-corrected chi connectivity index (χ1v) is 8.24. The zero-order chi connectivity index (χ0) is 18.0. The standard InChI is InChI=1S/C17H22N6O2/c1-13-11-19-14(12-18-13)15(24)22-9-5-17(6-10-22,16(25)21(2)3)23-8-4-7-20-23/h4,7-8,11-12H,5-6,9-10H2,1-3H3. The summed E-state index contributed by atoms with van der Waals surface area (Å²) in [5, 5.41) is 4.30. The predicted molar refractivity (Wildman–Crippen MR) is 90.8 cm³/mol. The minimum atomic E-state index is -0.747. The predicted octanol–water partition coefficient (Wildman–Crippen LogP) is 0.701. The first-order chi connectivity index (χ1) is 11.9. The van der Waals surface area contributed by atoms with Gasteiger partial charge in [-0.25, -0.2) is 4.98 Å². The molecule has 8 nitrogen and oxygen atoms in total. The average Bonchev–Trinajstić information content (AvgIpc) is 3.16. The molecule has 132 valence electrons. The molecular weight excluding hydrogens is 320 g/mol. The Morgan fingerprint density at radius 3 is 2.40 bits per heavy atom. The normalized spacial score (nSPS) is 16.5. The van der Waals surface area contributed by atoms with Crippen molar-refractivity contribution in [3.63, 3.8) is 0 Å². The molecule has 0 unspecified atom stereocenters. The smallest absolute Gasteiger partial charge is 0.274 e. The largest absolute Gasteiger partial charge is 0.347 e. The van der Waals surface area contributed by atoms with E-state index < -0.39 is 5.54 Å². The molecule has 1 saturated heterocycles. The van der Waals surface area contributed by atoms with E-state index in [0.717, 1.165) is 5.69 Å². The van der Waals surface area contributed by atoms with Gasteiger partial charge in [0.25, 0.3) is 5.91 Å². The van der Waals surface area contributed by atoms with Gasteiger partial charge in [0.15, 0.2) is 0 Å². The van der Waals surface area contributed by atoms with E-state index >= 15 is 0 Å². The van der Waals surface area contributed by atoms with Crippen LogP contribution >= 0.6 is 0 Å². The SMILES string of the molecule is Cc1cnc(C(=O)N2CCC(C(=O)N(C)C)(n3cccn3)CC2)cn1. The molecule has 0 bridgehead atoms. The van der Waals surface area contributed by atoms with Gasteiger partial charge in [0, 0.05) is 45.8 Å². The number of aryl methyl sites for hydroxylation is 1. The Kier molecular flexibility index (Phi) is 4.52. The zero-order valence-corrected chi connectivity index (χ0v) is 14.7. The van der Waals surface area contributed by atoms with E-state index in [1.807, 2.05) is 19.2 Å². The van der Waals surface area contributed by atoms with E-state index in [1.165, 1.54) is 6.20 Å². The monoisotopic (exact) mass is 342 g/mol. The number of rotatable bonds is 3. The zero-order valence-electron chi connectivity index (χ0n) is 14.7. The Hall–Kier alpha value is -2.77. The van der Waals surface area contributed by atoms with Crippen molar-refractivity contribution in [1.29, 1.82) is 0 Å². The van der Waals surface area contributed by atoms with Crippen molar-refractivity contribution < 1.29 is 9.59 Å². The Morgan fingerprint density at radius 1 is 1.16 bits per heavy atom. The highest BCUT2D eigenvalue weighted by atomic mass is 16.2. The topological polar surface area (TPSA) is 84.2 Å². The molecule has 3 rings (SSSR count). The number of carbonyl (C=O) groups is 2. The first kappa shape index (κ1) is 17.1. The second kappa shape index (κ2) is 6.62. The van der Waals surface area contributed by atoms with Crippen LogP contribution in [-0.2, 0) is 10.3 Å². The van der Waals surface area contributed by atoms with Crippen LogP contribution in [0.5, 0.6) is 0 Å². The highest BCUT2D eigenvalue weighted by Crippen LogP contribution is 2.31. The fourth-order valence-electron chi connectivity index (χ4n) is 3.22. The van der Waals surface area contributed by atoms with Crippen LogP contribution in [0.4, 0.5) is 0 Å². The number of nitrogens with zero attached hydrogens (tertiary/aromatic N) is 6. The molecule has 3 heterocycles. The minimum absolute atomic E-state index is 0.00146.